The van der Waals surface area contributed by atoms with Gasteiger partial charge in [-0.05, 0) is 63.8 Å². The van der Waals surface area contributed by atoms with Crippen molar-refractivity contribution in [1.82, 2.24) is 14.8 Å². The number of aromatic nitrogens is 1. The van der Waals surface area contributed by atoms with Crippen molar-refractivity contribution in [2.75, 3.05) is 26.2 Å². The van der Waals surface area contributed by atoms with Crippen LogP contribution in [0.5, 0.6) is 5.75 Å². The van der Waals surface area contributed by atoms with Crippen LogP contribution < -0.4 is 4.74 Å². The average molecular weight is 398 g/mol. The van der Waals surface area contributed by atoms with Crippen LogP contribution in [0.1, 0.15) is 39.5 Å². The van der Waals surface area contributed by atoms with Gasteiger partial charge in [-0.2, -0.15) is 0 Å². The SMILES string of the molecule is CC(C)N1CCN(C(=O)C2CCC(Oc3ccc(-c4ncco4)cc3)CC2)CC1. The van der Waals surface area contributed by atoms with Crippen LogP contribution in [0.25, 0.3) is 11.5 Å². The fourth-order valence-corrected chi connectivity index (χ4v) is 4.38. The molecule has 1 amide bonds. The summed E-state index contributed by atoms with van der Waals surface area (Å²) in [7, 11) is 0. The Morgan fingerprint density at radius 3 is 2.34 bits per heavy atom. The molecule has 0 atom stereocenters. The summed E-state index contributed by atoms with van der Waals surface area (Å²) in [6.45, 7) is 8.16. The molecule has 0 bridgehead atoms. The van der Waals surface area contributed by atoms with E-state index in [-0.39, 0.29) is 12.0 Å². The molecule has 29 heavy (non-hydrogen) atoms. The van der Waals surface area contributed by atoms with Crippen LogP contribution in [0.3, 0.4) is 0 Å². The zero-order valence-electron chi connectivity index (χ0n) is 17.4. The molecule has 156 valence electrons. The Morgan fingerprint density at radius 2 is 1.76 bits per heavy atom. The van der Waals surface area contributed by atoms with Crippen LogP contribution in [0.2, 0.25) is 0 Å². The van der Waals surface area contributed by atoms with E-state index < -0.39 is 0 Å². The van der Waals surface area contributed by atoms with Crippen LogP contribution in [0.15, 0.2) is 41.1 Å². The Balaban J connectivity index is 1.24. The second-order valence-electron chi connectivity index (χ2n) is 8.41. The van der Waals surface area contributed by atoms with E-state index >= 15 is 0 Å². The van der Waals surface area contributed by atoms with Gasteiger partial charge in [0, 0.05) is 43.7 Å². The van der Waals surface area contributed by atoms with Gasteiger partial charge in [-0.15, -0.1) is 0 Å². The summed E-state index contributed by atoms with van der Waals surface area (Å²) in [6.07, 6.45) is 7.11. The molecule has 1 saturated heterocycles. The first-order valence-electron chi connectivity index (χ1n) is 10.8. The molecule has 0 radical (unpaired) electrons. The minimum absolute atomic E-state index is 0.160. The minimum Gasteiger partial charge on any atom is -0.490 e. The van der Waals surface area contributed by atoms with Gasteiger partial charge in [0.1, 0.15) is 12.0 Å². The summed E-state index contributed by atoms with van der Waals surface area (Å²) in [6, 6.07) is 8.42. The predicted molar refractivity (Wildman–Crippen MR) is 112 cm³/mol. The van der Waals surface area contributed by atoms with Crippen LogP contribution in [0, 0.1) is 5.92 Å². The van der Waals surface area contributed by atoms with Crippen molar-refractivity contribution in [1.29, 1.82) is 0 Å². The number of hydrogen-bond donors (Lipinski definition) is 0. The normalized spacial score (nSPS) is 23.3. The van der Waals surface area contributed by atoms with Crippen molar-refractivity contribution < 1.29 is 13.9 Å². The lowest BCUT2D eigenvalue weighted by Crippen LogP contribution is -2.52. The van der Waals surface area contributed by atoms with E-state index in [0.717, 1.165) is 63.2 Å². The van der Waals surface area contributed by atoms with Crippen LogP contribution >= 0.6 is 0 Å². The number of carbonyl (C=O) groups excluding carboxylic acids is 1. The van der Waals surface area contributed by atoms with E-state index in [4.69, 9.17) is 9.15 Å². The number of ether oxygens (including phenoxy) is 1. The molecular formula is C23H31N3O3. The monoisotopic (exact) mass is 397 g/mol. The number of oxazole rings is 1. The molecule has 6 nitrogen and oxygen atoms in total. The summed E-state index contributed by atoms with van der Waals surface area (Å²) in [5, 5.41) is 0. The molecule has 1 aliphatic carbocycles. The summed E-state index contributed by atoms with van der Waals surface area (Å²) in [5.74, 6) is 1.99. The highest BCUT2D eigenvalue weighted by atomic mass is 16.5. The van der Waals surface area contributed by atoms with Gasteiger partial charge in [0.25, 0.3) is 0 Å². The quantitative estimate of drug-likeness (QED) is 0.767. The number of carbonyl (C=O) groups is 1. The lowest BCUT2D eigenvalue weighted by atomic mass is 9.86. The predicted octanol–water partition coefficient (Wildman–Crippen LogP) is 3.83. The van der Waals surface area contributed by atoms with E-state index in [1.165, 1.54) is 0 Å². The van der Waals surface area contributed by atoms with E-state index in [2.05, 4.69) is 28.6 Å². The molecule has 0 unspecified atom stereocenters. The number of amides is 1. The fourth-order valence-electron chi connectivity index (χ4n) is 4.38. The Labute approximate surface area is 172 Å². The lowest BCUT2D eigenvalue weighted by molar-refractivity contribution is -0.139. The smallest absolute Gasteiger partial charge is 0.225 e. The molecule has 0 N–H and O–H groups in total. The van der Waals surface area contributed by atoms with Gasteiger partial charge in [0.15, 0.2) is 0 Å². The molecular weight excluding hydrogens is 366 g/mol. The van der Waals surface area contributed by atoms with Crippen LogP contribution in [-0.2, 0) is 4.79 Å². The fraction of sp³-hybridized carbons (Fsp3) is 0.565. The maximum Gasteiger partial charge on any atom is 0.225 e. The van der Waals surface area contributed by atoms with E-state index in [9.17, 15) is 4.79 Å². The van der Waals surface area contributed by atoms with Gasteiger partial charge in [-0.25, -0.2) is 4.98 Å². The number of hydrogen-bond acceptors (Lipinski definition) is 5. The third-order valence-corrected chi connectivity index (χ3v) is 6.22. The highest BCUT2D eigenvalue weighted by Gasteiger charge is 2.32. The largest absolute Gasteiger partial charge is 0.490 e. The maximum absolute atomic E-state index is 12.9. The third-order valence-electron chi connectivity index (χ3n) is 6.22. The summed E-state index contributed by atoms with van der Waals surface area (Å²) < 4.78 is 11.5. The number of piperazine rings is 1. The van der Waals surface area contributed by atoms with Gasteiger partial charge in [-0.3, -0.25) is 9.69 Å². The van der Waals surface area contributed by atoms with Crippen molar-refractivity contribution in [2.45, 2.75) is 51.7 Å². The molecule has 2 fully saturated rings. The van der Waals surface area contributed by atoms with E-state index in [1.807, 2.05) is 24.3 Å². The van der Waals surface area contributed by atoms with Gasteiger partial charge >= 0.3 is 0 Å². The summed E-state index contributed by atoms with van der Waals surface area (Å²) in [5.41, 5.74) is 0.939. The van der Waals surface area contributed by atoms with Crippen molar-refractivity contribution in [3.63, 3.8) is 0 Å². The third kappa shape index (κ3) is 4.81. The standard InChI is InChI=1S/C23H31N3O3/c1-17(2)25-12-14-26(15-13-25)23(27)19-5-9-21(10-6-19)29-20-7-3-18(4-8-20)22-24-11-16-28-22/h3-4,7-8,11,16-17,19,21H,5-6,9-10,12-15H2,1-2H3. The number of rotatable bonds is 5. The molecule has 1 saturated carbocycles. The molecule has 1 aliphatic heterocycles. The van der Waals surface area contributed by atoms with E-state index in [1.54, 1.807) is 12.5 Å². The van der Waals surface area contributed by atoms with E-state index in [0.29, 0.717) is 17.8 Å². The Bertz CT molecular complexity index is 772. The molecule has 1 aromatic heterocycles. The first kappa shape index (κ1) is 20.0. The van der Waals surface area contributed by atoms with Crippen molar-refractivity contribution in [3.8, 4) is 17.2 Å². The molecule has 2 aliphatic rings. The average Bonchev–Trinajstić information content (AvgIpc) is 3.29. The van der Waals surface area contributed by atoms with Gasteiger partial charge in [-0.1, -0.05) is 0 Å². The van der Waals surface area contributed by atoms with Crippen molar-refractivity contribution in [3.05, 3.63) is 36.7 Å². The number of nitrogens with zero attached hydrogens (tertiary/aromatic N) is 3. The lowest BCUT2D eigenvalue weighted by Gasteiger charge is -2.39. The minimum atomic E-state index is 0.160. The second-order valence-corrected chi connectivity index (χ2v) is 8.41. The first-order valence-corrected chi connectivity index (χ1v) is 10.8. The summed E-state index contributed by atoms with van der Waals surface area (Å²) >= 11 is 0. The van der Waals surface area contributed by atoms with Gasteiger partial charge in [0.05, 0.1) is 12.3 Å². The molecule has 2 aromatic rings. The highest BCUT2D eigenvalue weighted by molar-refractivity contribution is 5.79. The number of benzene rings is 1. The molecule has 2 heterocycles. The van der Waals surface area contributed by atoms with Gasteiger partial charge in [0.2, 0.25) is 11.8 Å². The molecule has 1 aromatic carbocycles. The van der Waals surface area contributed by atoms with Crippen LogP contribution in [0.4, 0.5) is 0 Å². The Kier molecular flexibility index (Phi) is 6.19. The first-order chi connectivity index (χ1) is 14.1. The molecule has 4 rings (SSSR count). The zero-order chi connectivity index (χ0) is 20.2. The topological polar surface area (TPSA) is 58.8 Å². The van der Waals surface area contributed by atoms with Crippen LogP contribution in [-0.4, -0.2) is 59.0 Å². The van der Waals surface area contributed by atoms with Crippen molar-refractivity contribution >= 4 is 5.91 Å². The van der Waals surface area contributed by atoms with Gasteiger partial charge < -0.3 is 14.1 Å². The molecule has 6 heteroatoms. The maximum atomic E-state index is 12.9. The summed E-state index contributed by atoms with van der Waals surface area (Å²) in [4.78, 5) is 21.6. The van der Waals surface area contributed by atoms with Crippen molar-refractivity contribution in [2.24, 2.45) is 5.92 Å². The Morgan fingerprint density at radius 1 is 1.07 bits per heavy atom. The molecule has 0 spiro atoms. The Hall–Kier alpha value is -2.34. The second kappa shape index (κ2) is 8.99. The zero-order valence-corrected chi connectivity index (χ0v) is 17.4. The highest BCUT2D eigenvalue weighted by Crippen LogP contribution is 2.30.